The van der Waals surface area contributed by atoms with Gasteiger partial charge in [0.15, 0.2) is 0 Å². The van der Waals surface area contributed by atoms with E-state index in [-0.39, 0.29) is 5.54 Å². The Morgan fingerprint density at radius 2 is 1.15 bits per heavy atom. The van der Waals surface area contributed by atoms with E-state index in [1.165, 1.54) is 32.5 Å². The molecule has 0 heterocycles. The lowest BCUT2D eigenvalue weighted by atomic mass is 9.84. The van der Waals surface area contributed by atoms with Gasteiger partial charge in [-0.05, 0) is 71.6 Å². The average molecular weight is 285 g/mol. The zero-order chi connectivity index (χ0) is 16.2. The predicted molar refractivity (Wildman–Crippen MR) is 92.4 cm³/mol. The van der Waals surface area contributed by atoms with E-state index in [4.69, 9.17) is 0 Å². The summed E-state index contributed by atoms with van der Waals surface area (Å²) in [6, 6.07) is 0. The van der Waals surface area contributed by atoms with Crippen LogP contribution in [-0.4, -0.2) is 49.1 Å². The largest absolute Gasteiger partial charge is 0.306 e. The van der Waals surface area contributed by atoms with Crippen LogP contribution in [0.1, 0.15) is 68.2 Å². The summed E-state index contributed by atoms with van der Waals surface area (Å²) in [5.74, 6) is 0. The monoisotopic (exact) mass is 284 g/mol. The van der Waals surface area contributed by atoms with Crippen LogP contribution in [0.2, 0.25) is 0 Å². The van der Waals surface area contributed by atoms with Crippen LogP contribution in [0.5, 0.6) is 0 Å². The Kier molecular flexibility index (Phi) is 7.24. The van der Waals surface area contributed by atoms with Crippen molar-refractivity contribution in [3.05, 3.63) is 0 Å². The third-order valence-corrected chi connectivity index (χ3v) is 4.18. The molecule has 0 bridgehead atoms. The van der Waals surface area contributed by atoms with Crippen molar-refractivity contribution in [2.45, 2.75) is 73.8 Å². The summed E-state index contributed by atoms with van der Waals surface area (Å²) in [7, 11) is 4.49. The van der Waals surface area contributed by atoms with Crippen molar-refractivity contribution in [2.75, 3.05) is 33.7 Å². The van der Waals surface area contributed by atoms with Gasteiger partial charge in [0, 0.05) is 12.1 Å². The molecule has 122 valence electrons. The van der Waals surface area contributed by atoms with E-state index >= 15 is 0 Å². The van der Waals surface area contributed by atoms with Crippen LogP contribution >= 0.6 is 0 Å². The first-order valence-corrected chi connectivity index (χ1v) is 8.13. The smallest absolute Gasteiger partial charge is 0.0122 e. The maximum atomic E-state index is 2.48. The SMILES string of the molecule is CN(CCC(C)(C)CCN(C)C(C)(C)C)CC(C)(C)C. The van der Waals surface area contributed by atoms with Crippen molar-refractivity contribution in [2.24, 2.45) is 10.8 Å². The fourth-order valence-corrected chi connectivity index (χ4v) is 2.31. The molecule has 0 saturated heterocycles. The third-order valence-electron chi connectivity index (χ3n) is 4.18. The molecule has 0 N–H and O–H groups in total. The molecular weight excluding hydrogens is 244 g/mol. The minimum Gasteiger partial charge on any atom is -0.306 e. The van der Waals surface area contributed by atoms with Crippen LogP contribution in [0.25, 0.3) is 0 Å². The summed E-state index contributed by atoms with van der Waals surface area (Å²) in [6.07, 6.45) is 2.54. The van der Waals surface area contributed by atoms with E-state index in [0.29, 0.717) is 10.8 Å². The number of hydrogen-bond donors (Lipinski definition) is 0. The van der Waals surface area contributed by atoms with Gasteiger partial charge in [-0.1, -0.05) is 34.6 Å². The summed E-state index contributed by atoms with van der Waals surface area (Å²) in [5.41, 5.74) is 1.09. The van der Waals surface area contributed by atoms with E-state index in [0.717, 1.165) is 0 Å². The second-order valence-electron chi connectivity index (χ2n) is 9.56. The molecule has 0 aliphatic heterocycles. The van der Waals surface area contributed by atoms with Gasteiger partial charge >= 0.3 is 0 Å². The topological polar surface area (TPSA) is 6.48 Å². The van der Waals surface area contributed by atoms with Gasteiger partial charge in [-0.15, -0.1) is 0 Å². The summed E-state index contributed by atoms with van der Waals surface area (Å²) < 4.78 is 0. The predicted octanol–water partition coefficient (Wildman–Crippen LogP) is 4.50. The summed E-state index contributed by atoms with van der Waals surface area (Å²) in [4.78, 5) is 4.95. The molecule has 0 aromatic rings. The number of hydrogen-bond acceptors (Lipinski definition) is 2. The van der Waals surface area contributed by atoms with Crippen molar-refractivity contribution in [3.8, 4) is 0 Å². The highest BCUT2D eigenvalue weighted by Crippen LogP contribution is 2.27. The van der Waals surface area contributed by atoms with E-state index < -0.39 is 0 Å². The van der Waals surface area contributed by atoms with Crippen LogP contribution < -0.4 is 0 Å². The Morgan fingerprint density at radius 1 is 0.700 bits per heavy atom. The molecule has 0 aromatic carbocycles. The maximum absolute atomic E-state index is 2.48. The second kappa shape index (κ2) is 7.26. The second-order valence-corrected chi connectivity index (χ2v) is 9.56. The van der Waals surface area contributed by atoms with Crippen molar-refractivity contribution >= 4 is 0 Å². The molecule has 20 heavy (non-hydrogen) atoms. The Morgan fingerprint density at radius 3 is 1.55 bits per heavy atom. The molecule has 0 rings (SSSR count). The molecule has 0 aliphatic rings. The Labute approximate surface area is 128 Å². The first kappa shape index (κ1) is 19.9. The van der Waals surface area contributed by atoms with Gasteiger partial charge < -0.3 is 9.80 Å². The highest BCUT2D eigenvalue weighted by molar-refractivity contribution is 4.78. The van der Waals surface area contributed by atoms with E-state index in [9.17, 15) is 0 Å². The molecule has 0 amide bonds. The van der Waals surface area contributed by atoms with Crippen molar-refractivity contribution in [3.63, 3.8) is 0 Å². The lowest BCUT2D eigenvalue weighted by Gasteiger charge is -2.36. The molecule has 0 aromatic heterocycles. The van der Waals surface area contributed by atoms with Crippen LogP contribution in [0.15, 0.2) is 0 Å². The zero-order valence-electron chi connectivity index (χ0n) is 15.9. The van der Waals surface area contributed by atoms with Gasteiger partial charge in [0.25, 0.3) is 0 Å². The minimum absolute atomic E-state index is 0.277. The molecule has 0 aliphatic carbocycles. The van der Waals surface area contributed by atoms with E-state index in [1.807, 2.05) is 0 Å². The number of nitrogens with zero attached hydrogens (tertiary/aromatic N) is 2. The quantitative estimate of drug-likeness (QED) is 0.679. The fraction of sp³-hybridized carbons (Fsp3) is 1.00. The molecule has 0 fully saturated rings. The van der Waals surface area contributed by atoms with E-state index in [1.54, 1.807) is 0 Å². The highest BCUT2D eigenvalue weighted by Gasteiger charge is 2.23. The van der Waals surface area contributed by atoms with Gasteiger partial charge in [-0.3, -0.25) is 0 Å². The Balaban J connectivity index is 4.13. The Hall–Kier alpha value is -0.0800. The first-order chi connectivity index (χ1) is 8.73. The molecule has 0 spiro atoms. The van der Waals surface area contributed by atoms with Crippen LogP contribution in [0.3, 0.4) is 0 Å². The average Bonchev–Trinajstić information content (AvgIpc) is 2.19. The summed E-state index contributed by atoms with van der Waals surface area (Å²) >= 11 is 0. The molecule has 0 unspecified atom stereocenters. The van der Waals surface area contributed by atoms with Crippen LogP contribution in [0.4, 0.5) is 0 Å². The minimum atomic E-state index is 0.277. The third kappa shape index (κ3) is 9.77. The molecule has 2 heteroatoms. The van der Waals surface area contributed by atoms with Crippen molar-refractivity contribution in [1.29, 1.82) is 0 Å². The molecular formula is C18H40N2. The van der Waals surface area contributed by atoms with Gasteiger partial charge in [0.1, 0.15) is 0 Å². The van der Waals surface area contributed by atoms with Gasteiger partial charge in [0.05, 0.1) is 0 Å². The molecule has 0 atom stereocenters. The van der Waals surface area contributed by atoms with Crippen LogP contribution in [-0.2, 0) is 0 Å². The molecule has 0 saturated carbocycles. The normalized spacial score (nSPS) is 14.4. The van der Waals surface area contributed by atoms with E-state index in [2.05, 4.69) is 79.3 Å². The first-order valence-electron chi connectivity index (χ1n) is 8.13. The van der Waals surface area contributed by atoms with Crippen LogP contribution in [0, 0.1) is 10.8 Å². The van der Waals surface area contributed by atoms with Gasteiger partial charge in [-0.2, -0.15) is 0 Å². The lowest BCUT2D eigenvalue weighted by molar-refractivity contribution is 0.134. The van der Waals surface area contributed by atoms with Crippen molar-refractivity contribution < 1.29 is 0 Å². The maximum Gasteiger partial charge on any atom is 0.0122 e. The standard InChI is InChI=1S/C18H40N2/c1-16(2,3)15-19(9)13-11-18(7,8)12-14-20(10)17(4,5)6/h11-15H2,1-10H3. The van der Waals surface area contributed by atoms with Crippen molar-refractivity contribution in [1.82, 2.24) is 9.80 Å². The molecule has 2 nitrogen and oxygen atoms in total. The zero-order valence-corrected chi connectivity index (χ0v) is 15.9. The lowest BCUT2D eigenvalue weighted by Crippen LogP contribution is -2.40. The summed E-state index contributed by atoms with van der Waals surface area (Å²) in [5, 5.41) is 0. The fourth-order valence-electron chi connectivity index (χ4n) is 2.31. The molecule has 0 radical (unpaired) electrons. The van der Waals surface area contributed by atoms with Gasteiger partial charge in [0.2, 0.25) is 0 Å². The summed E-state index contributed by atoms with van der Waals surface area (Å²) in [6.45, 7) is 22.2. The highest BCUT2D eigenvalue weighted by atomic mass is 15.2. The number of rotatable bonds is 7. The van der Waals surface area contributed by atoms with Gasteiger partial charge in [-0.25, -0.2) is 0 Å². The Bertz CT molecular complexity index is 268.